The number of ketones is 1. The predicted octanol–water partition coefficient (Wildman–Crippen LogP) is 2.78. The van der Waals surface area contributed by atoms with Gasteiger partial charge in [0.2, 0.25) is 5.78 Å². The summed E-state index contributed by atoms with van der Waals surface area (Å²) in [6.45, 7) is 1.95. The van der Waals surface area contributed by atoms with Crippen molar-refractivity contribution < 1.29 is 9.90 Å². The van der Waals surface area contributed by atoms with Gasteiger partial charge in [-0.3, -0.25) is 9.59 Å². The number of hydrogen-bond donors (Lipinski definition) is 1. The summed E-state index contributed by atoms with van der Waals surface area (Å²) in [6.07, 6.45) is 0. The van der Waals surface area contributed by atoms with Crippen LogP contribution < -0.4 is 5.56 Å². The fraction of sp³-hybridized carbons (Fsp3) is 0.111. The van der Waals surface area contributed by atoms with E-state index >= 15 is 0 Å². The number of nitrogens with zero attached hydrogens (tertiary/aromatic N) is 1. The van der Waals surface area contributed by atoms with Crippen LogP contribution >= 0.6 is 0 Å². The van der Waals surface area contributed by atoms with Crippen LogP contribution in [0.4, 0.5) is 0 Å². The maximum atomic E-state index is 12.6. The number of aromatic hydroxyl groups is 1. The van der Waals surface area contributed by atoms with Crippen molar-refractivity contribution in [2.45, 2.75) is 6.92 Å². The number of hydrogen-bond acceptors (Lipinski definition) is 3. The van der Waals surface area contributed by atoms with Crippen molar-refractivity contribution in [3.63, 3.8) is 0 Å². The van der Waals surface area contributed by atoms with E-state index in [4.69, 9.17) is 0 Å². The van der Waals surface area contributed by atoms with Gasteiger partial charge >= 0.3 is 0 Å². The molecule has 0 bridgehead atoms. The number of pyridine rings is 1. The maximum Gasteiger partial charge on any atom is 0.262 e. The first-order valence-corrected chi connectivity index (χ1v) is 6.92. The zero-order valence-electron chi connectivity index (χ0n) is 12.3. The number of fused-ring (bicyclic) bond motifs is 1. The molecule has 1 aromatic heterocycles. The average molecular weight is 293 g/mol. The highest BCUT2D eigenvalue weighted by molar-refractivity contribution is 6.11. The molecule has 0 aliphatic rings. The van der Waals surface area contributed by atoms with Crippen molar-refractivity contribution in [2.75, 3.05) is 0 Å². The van der Waals surface area contributed by atoms with Gasteiger partial charge < -0.3 is 9.67 Å². The Hall–Kier alpha value is -2.88. The number of benzene rings is 2. The van der Waals surface area contributed by atoms with Crippen LogP contribution in [0, 0.1) is 6.92 Å². The standard InChI is InChI=1S/C18H15NO3/c1-11-7-8-15-12(9-11)10-14(18(22)19(15)2)17(21)13-5-3-4-6-16(13)20/h3-10,20H,1-2H3. The van der Waals surface area contributed by atoms with Gasteiger partial charge in [0.05, 0.1) is 16.6 Å². The molecule has 1 heterocycles. The quantitative estimate of drug-likeness (QED) is 0.739. The van der Waals surface area contributed by atoms with Crippen molar-refractivity contribution in [3.8, 4) is 5.75 Å². The average Bonchev–Trinajstić information content (AvgIpc) is 2.50. The van der Waals surface area contributed by atoms with Gasteiger partial charge in [-0.15, -0.1) is 0 Å². The van der Waals surface area contributed by atoms with Crippen molar-refractivity contribution in [3.05, 3.63) is 75.6 Å². The van der Waals surface area contributed by atoms with E-state index in [0.717, 1.165) is 16.5 Å². The second-order valence-electron chi connectivity index (χ2n) is 5.33. The molecule has 0 saturated carbocycles. The van der Waals surface area contributed by atoms with Crippen LogP contribution in [0.5, 0.6) is 5.75 Å². The topological polar surface area (TPSA) is 59.3 Å². The van der Waals surface area contributed by atoms with Crippen LogP contribution in [0.25, 0.3) is 10.9 Å². The summed E-state index contributed by atoms with van der Waals surface area (Å²) in [4.78, 5) is 25.0. The van der Waals surface area contributed by atoms with Crippen LogP contribution in [0.2, 0.25) is 0 Å². The largest absolute Gasteiger partial charge is 0.507 e. The normalized spacial score (nSPS) is 10.8. The van der Waals surface area contributed by atoms with Gasteiger partial charge in [-0.25, -0.2) is 0 Å². The molecule has 1 N–H and O–H groups in total. The molecule has 110 valence electrons. The van der Waals surface area contributed by atoms with Crippen molar-refractivity contribution in [1.82, 2.24) is 4.57 Å². The van der Waals surface area contributed by atoms with Crippen LogP contribution in [0.3, 0.4) is 0 Å². The SMILES string of the molecule is Cc1ccc2c(c1)cc(C(=O)c1ccccc1O)c(=O)n2C. The molecule has 0 atom stereocenters. The van der Waals surface area contributed by atoms with Crippen LogP contribution in [-0.2, 0) is 7.05 Å². The number of carbonyl (C=O) groups excluding carboxylic acids is 1. The number of carbonyl (C=O) groups is 1. The fourth-order valence-corrected chi connectivity index (χ4v) is 2.58. The van der Waals surface area contributed by atoms with E-state index in [9.17, 15) is 14.7 Å². The predicted molar refractivity (Wildman–Crippen MR) is 85.5 cm³/mol. The monoisotopic (exact) mass is 293 g/mol. The summed E-state index contributed by atoms with van der Waals surface area (Å²) >= 11 is 0. The third-order valence-electron chi connectivity index (χ3n) is 3.77. The third kappa shape index (κ3) is 2.19. The van der Waals surface area contributed by atoms with Crippen molar-refractivity contribution in [1.29, 1.82) is 0 Å². The first-order valence-electron chi connectivity index (χ1n) is 6.92. The minimum atomic E-state index is -0.470. The molecule has 2 aromatic carbocycles. The van der Waals surface area contributed by atoms with Crippen LogP contribution in [-0.4, -0.2) is 15.5 Å². The first kappa shape index (κ1) is 14.1. The molecule has 0 saturated heterocycles. The van der Waals surface area contributed by atoms with Gasteiger partial charge in [-0.05, 0) is 42.6 Å². The Labute approximate surface area is 127 Å². The molecular formula is C18H15NO3. The van der Waals surface area contributed by atoms with E-state index in [2.05, 4.69) is 0 Å². The van der Waals surface area contributed by atoms with Gasteiger partial charge in [0.25, 0.3) is 5.56 Å². The molecule has 3 rings (SSSR count). The number of aromatic nitrogens is 1. The van der Waals surface area contributed by atoms with Crippen LogP contribution in [0.15, 0.2) is 53.3 Å². The summed E-state index contributed by atoms with van der Waals surface area (Å²) in [5.41, 5.74) is 1.63. The summed E-state index contributed by atoms with van der Waals surface area (Å²) in [5.74, 6) is -0.596. The molecule has 4 nitrogen and oxygen atoms in total. The Morgan fingerprint density at radius 2 is 1.77 bits per heavy atom. The maximum absolute atomic E-state index is 12.6. The molecule has 0 aliphatic carbocycles. The Morgan fingerprint density at radius 3 is 2.50 bits per heavy atom. The second-order valence-corrected chi connectivity index (χ2v) is 5.33. The highest BCUT2D eigenvalue weighted by Crippen LogP contribution is 2.21. The van der Waals surface area contributed by atoms with Crippen molar-refractivity contribution >= 4 is 16.7 Å². The molecule has 0 unspecified atom stereocenters. The first-order chi connectivity index (χ1) is 10.5. The number of rotatable bonds is 2. The highest BCUT2D eigenvalue weighted by atomic mass is 16.3. The molecule has 0 radical (unpaired) electrons. The van der Waals surface area contributed by atoms with Gasteiger partial charge in [0.15, 0.2) is 0 Å². The number of phenolic OH excluding ortho intramolecular Hbond substituents is 1. The highest BCUT2D eigenvalue weighted by Gasteiger charge is 2.18. The second kappa shape index (κ2) is 5.15. The molecule has 0 amide bonds. The van der Waals surface area contributed by atoms with Gasteiger partial charge in [-0.2, -0.15) is 0 Å². The molecular weight excluding hydrogens is 278 g/mol. The van der Waals surface area contributed by atoms with E-state index in [-0.39, 0.29) is 22.4 Å². The third-order valence-corrected chi connectivity index (χ3v) is 3.77. The lowest BCUT2D eigenvalue weighted by molar-refractivity contribution is 0.103. The van der Waals surface area contributed by atoms with E-state index in [0.29, 0.717) is 0 Å². The summed E-state index contributed by atoms with van der Waals surface area (Å²) in [6, 6.07) is 13.5. The summed E-state index contributed by atoms with van der Waals surface area (Å²) in [7, 11) is 1.64. The Morgan fingerprint density at radius 1 is 1.05 bits per heavy atom. The van der Waals surface area contributed by atoms with Gasteiger partial charge in [0.1, 0.15) is 5.75 Å². The minimum Gasteiger partial charge on any atom is -0.507 e. The lowest BCUT2D eigenvalue weighted by Crippen LogP contribution is -2.25. The molecule has 0 fully saturated rings. The van der Waals surface area contributed by atoms with Crippen molar-refractivity contribution in [2.24, 2.45) is 7.05 Å². The van der Waals surface area contributed by atoms with E-state index < -0.39 is 5.78 Å². The molecule has 4 heteroatoms. The number of para-hydroxylation sites is 1. The van der Waals surface area contributed by atoms with E-state index in [1.165, 1.54) is 16.7 Å². The van der Waals surface area contributed by atoms with Gasteiger partial charge in [-0.1, -0.05) is 23.8 Å². The molecule has 3 aromatic rings. The van der Waals surface area contributed by atoms with E-state index in [1.807, 2.05) is 25.1 Å². The molecule has 22 heavy (non-hydrogen) atoms. The summed E-state index contributed by atoms with van der Waals surface area (Å²) in [5, 5.41) is 10.7. The zero-order chi connectivity index (χ0) is 15.9. The number of aryl methyl sites for hydroxylation is 2. The van der Waals surface area contributed by atoms with E-state index in [1.54, 1.807) is 25.2 Å². The smallest absolute Gasteiger partial charge is 0.262 e. The Bertz CT molecular complexity index is 954. The molecule has 0 aliphatic heterocycles. The zero-order valence-corrected chi connectivity index (χ0v) is 12.3. The Balaban J connectivity index is 2.27. The van der Waals surface area contributed by atoms with Gasteiger partial charge in [0, 0.05) is 7.05 Å². The fourth-order valence-electron chi connectivity index (χ4n) is 2.58. The lowest BCUT2D eigenvalue weighted by atomic mass is 10.0. The summed E-state index contributed by atoms with van der Waals surface area (Å²) < 4.78 is 1.46. The minimum absolute atomic E-state index is 0.0575. The number of phenols is 1. The lowest BCUT2D eigenvalue weighted by Gasteiger charge is -2.09. The molecule has 0 spiro atoms. The van der Waals surface area contributed by atoms with Crippen LogP contribution in [0.1, 0.15) is 21.5 Å². The Kier molecular flexibility index (Phi) is 3.29.